The van der Waals surface area contributed by atoms with Gasteiger partial charge in [0.1, 0.15) is 0 Å². The van der Waals surface area contributed by atoms with E-state index in [0.717, 1.165) is 0 Å². The van der Waals surface area contributed by atoms with E-state index in [9.17, 15) is 9.59 Å². The van der Waals surface area contributed by atoms with Gasteiger partial charge in [-0.3, -0.25) is 4.79 Å². The molecule has 0 aliphatic heterocycles. The highest BCUT2D eigenvalue weighted by Gasteiger charge is 2.12. The van der Waals surface area contributed by atoms with Gasteiger partial charge < -0.3 is 9.84 Å². The van der Waals surface area contributed by atoms with Crippen molar-refractivity contribution in [2.24, 2.45) is 0 Å². The topological polar surface area (TPSA) is 87.4 Å². The van der Waals surface area contributed by atoms with Gasteiger partial charge in [-0.05, 0) is 6.92 Å². The smallest absolute Gasteiger partial charge is 0.372 e. The first-order valence-electron chi connectivity index (χ1n) is 2.58. The van der Waals surface area contributed by atoms with Crippen molar-refractivity contribution in [3.05, 3.63) is 11.3 Å². The Morgan fingerprint density at radius 1 is 1.73 bits per heavy atom. The van der Waals surface area contributed by atoms with Crippen molar-refractivity contribution in [1.29, 1.82) is 5.26 Å². The first kappa shape index (κ1) is 9.17. The summed E-state index contributed by atoms with van der Waals surface area (Å²) >= 11 is 0. The second kappa shape index (κ2) is 4.06. The quantitative estimate of drug-likeness (QED) is 0.269. The van der Waals surface area contributed by atoms with Gasteiger partial charge in [0.2, 0.25) is 5.76 Å². The third kappa shape index (κ3) is 2.49. The minimum Gasteiger partial charge on any atom is -0.475 e. The van der Waals surface area contributed by atoms with E-state index in [4.69, 9.17) is 10.4 Å². The Morgan fingerprint density at radius 3 is 2.55 bits per heavy atom. The Morgan fingerprint density at radius 2 is 2.27 bits per heavy atom. The molecule has 0 aromatic rings. The Kier molecular flexibility index (Phi) is 3.39. The van der Waals surface area contributed by atoms with Crippen molar-refractivity contribution in [3.63, 3.8) is 0 Å². The minimum absolute atomic E-state index is 0.0374. The lowest BCUT2D eigenvalue weighted by molar-refractivity contribution is -0.141. The Balaban J connectivity index is 4.75. The fourth-order valence-corrected chi connectivity index (χ4v) is 0.398. The van der Waals surface area contributed by atoms with Crippen molar-refractivity contribution in [2.75, 3.05) is 0 Å². The Labute approximate surface area is 62.5 Å². The number of carbonyl (C=O) groups is 2. The van der Waals surface area contributed by atoms with Crippen LogP contribution in [-0.2, 0) is 14.3 Å². The molecule has 0 saturated heterocycles. The molecule has 0 aromatic heterocycles. The number of allylic oxidation sites excluding steroid dienone is 1. The van der Waals surface area contributed by atoms with E-state index in [2.05, 4.69) is 4.74 Å². The summed E-state index contributed by atoms with van der Waals surface area (Å²) in [6.07, 6.45) is 0. The van der Waals surface area contributed by atoms with Gasteiger partial charge in [0, 0.05) is 0 Å². The maximum absolute atomic E-state index is 10.2. The molecule has 58 valence electrons. The molecular weight excluding hydrogens is 150 g/mol. The normalized spacial score (nSPS) is 10.9. The molecule has 0 aliphatic rings. The Bertz CT molecular complexity index is 248. The van der Waals surface area contributed by atoms with Crippen molar-refractivity contribution in [1.82, 2.24) is 0 Å². The number of hydrogen-bond acceptors (Lipinski definition) is 4. The average Bonchev–Trinajstić information content (AvgIpc) is 1.98. The second-order valence-electron chi connectivity index (χ2n) is 1.59. The van der Waals surface area contributed by atoms with E-state index in [1.807, 2.05) is 0 Å². The highest BCUT2D eigenvalue weighted by atomic mass is 16.5. The van der Waals surface area contributed by atoms with Crippen LogP contribution in [0.4, 0.5) is 0 Å². The molecule has 0 fully saturated rings. The van der Waals surface area contributed by atoms with E-state index in [1.54, 1.807) is 6.07 Å². The van der Waals surface area contributed by atoms with Gasteiger partial charge in [0.15, 0.2) is 0 Å². The van der Waals surface area contributed by atoms with E-state index < -0.39 is 11.7 Å². The first-order chi connectivity index (χ1) is 5.13. The lowest BCUT2D eigenvalue weighted by atomic mass is 10.3. The van der Waals surface area contributed by atoms with Crippen LogP contribution in [0.2, 0.25) is 0 Å². The summed E-state index contributed by atoms with van der Waals surface area (Å²) < 4.78 is 4.03. The maximum atomic E-state index is 10.2. The fourth-order valence-electron chi connectivity index (χ4n) is 0.398. The first-order valence-corrected chi connectivity index (χ1v) is 2.58. The lowest BCUT2D eigenvalue weighted by Gasteiger charge is -1.96. The van der Waals surface area contributed by atoms with Gasteiger partial charge in [-0.1, -0.05) is 0 Å². The number of ether oxygens (including phenoxy) is 1. The van der Waals surface area contributed by atoms with Gasteiger partial charge in [-0.2, -0.15) is 5.26 Å². The predicted octanol–water partition coefficient (Wildman–Crippen LogP) is 0.0416. The van der Waals surface area contributed by atoms with E-state index in [-0.39, 0.29) is 12.0 Å². The van der Waals surface area contributed by atoms with Crippen molar-refractivity contribution in [2.45, 2.75) is 6.92 Å². The molecule has 0 aliphatic carbocycles. The van der Waals surface area contributed by atoms with Gasteiger partial charge >= 0.3 is 5.97 Å². The number of rotatable bonds is 3. The highest BCUT2D eigenvalue weighted by molar-refractivity contribution is 5.87. The number of carboxylic acids is 1. The van der Waals surface area contributed by atoms with Crippen molar-refractivity contribution >= 4 is 12.4 Å². The van der Waals surface area contributed by atoms with Crippen LogP contribution in [0.5, 0.6) is 0 Å². The molecule has 0 heterocycles. The van der Waals surface area contributed by atoms with Gasteiger partial charge in [0.05, 0.1) is 11.6 Å². The molecule has 0 saturated carbocycles. The predicted molar refractivity (Wildman–Crippen MR) is 33.1 cm³/mol. The average molecular weight is 155 g/mol. The summed E-state index contributed by atoms with van der Waals surface area (Å²) in [5.74, 6) is -2.07. The van der Waals surface area contributed by atoms with Crippen LogP contribution in [0.25, 0.3) is 0 Å². The molecular formula is C6H5NO4. The SMILES string of the molecule is CC(C#N)=C(OC=O)C(=O)O. The molecule has 0 bridgehead atoms. The Hall–Kier alpha value is -1.83. The largest absolute Gasteiger partial charge is 0.475 e. The fraction of sp³-hybridized carbons (Fsp3) is 0.167. The van der Waals surface area contributed by atoms with Gasteiger partial charge in [0.25, 0.3) is 6.47 Å². The van der Waals surface area contributed by atoms with Crippen LogP contribution in [0, 0.1) is 11.3 Å². The van der Waals surface area contributed by atoms with Crippen LogP contribution in [0.15, 0.2) is 11.3 Å². The number of carboxylic acid groups (broad SMARTS) is 1. The monoisotopic (exact) mass is 155 g/mol. The molecule has 0 rings (SSSR count). The molecule has 0 spiro atoms. The second-order valence-corrected chi connectivity index (χ2v) is 1.59. The van der Waals surface area contributed by atoms with Crippen LogP contribution >= 0.6 is 0 Å². The van der Waals surface area contributed by atoms with Crippen molar-refractivity contribution in [3.8, 4) is 6.07 Å². The summed E-state index contributed by atoms with van der Waals surface area (Å²) in [6, 6.07) is 1.55. The number of nitrogens with zero attached hydrogens (tertiary/aromatic N) is 1. The molecule has 11 heavy (non-hydrogen) atoms. The number of nitriles is 1. The summed E-state index contributed by atoms with van der Waals surface area (Å²) in [5, 5.41) is 16.5. The molecule has 5 heteroatoms. The van der Waals surface area contributed by atoms with Crippen molar-refractivity contribution < 1.29 is 19.4 Å². The van der Waals surface area contributed by atoms with E-state index in [0.29, 0.717) is 0 Å². The van der Waals surface area contributed by atoms with E-state index in [1.165, 1.54) is 6.92 Å². The van der Waals surface area contributed by atoms with Crippen LogP contribution in [0.3, 0.4) is 0 Å². The third-order valence-corrected chi connectivity index (χ3v) is 0.869. The standard InChI is InChI=1S/C6H5NO4/c1-4(2-7)5(6(9)10)11-3-8/h3H,1H3,(H,9,10). The molecule has 1 N–H and O–H groups in total. The zero-order valence-electron chi connectivity index (χ0n) is 5.70. The molecule has 0 atom stereocenters. The summed E-state index contributed by atoms with van der Waals surface area (Å²) in [4.78, 5) is 19.9. The highest BCUT2D eigenvalue weighted by Crippen LogP contribution is 2.03. The molecule has 0 amide bonds. The molecule has 0 radical (unpaired) electrons. The van der Waals surface area contributed by atoms with Gasteiger partial charge in [-0.15, -0.1) is 0 Å². The number of carbonyl (C=O) groups excluding carboxylic acids is 1. The van der Waals surface area contributed by atoms with Crippen LogP contribution < -0.4 is 0 Å². The molecule has 5 nitrogen and oxygen atoms in total. The molecule has 0 unspecified atom stereocenters. The summed E-state index contributed by atoms with van der Waals surface area (Å²) in [7, 11) is 0. The minimum atomic E-state index is -1.43. The van der Waals surface area contributed by atoms with E-state index >= 15 is 0 Å². The summed E-state index contributed by atoms with van der Waals surface area (Å²) in [5.41, 5.74) is -0.149. The van der Waals surface area contributed by atoms with Crippen LogP contribution in [0.1, 0.15) is 6.92 Å². The maximum Gasteiger partial charge on any atom is 0.372 e. The lowest BCUT2D eigenvalue weighted by Crippen LogP contribution is -2.06. The van der Waals surface area contributed by atoms with Crippen LogP contribution in [-0.4, -0.2) is 17.5 Å². The third-order valence-electron chi connectivity index (χ3n) is 0.869. The number of aliphatic carboxylic acids is 1. The summed E-state index contributed by atoms with van der Waals surface area (Å²) in [6.45, 7) is 1.21. The zero-order valence-corrected chi connectivity index (χ0v) is 5.70. The number of hydrogen-bond donors (Lipinski definition) is 1. The zero-order chi connectivity index (χ0) is 8.85. The van der Waals surface area contributed by atoms with Gasteiger partial charge in [-0.25, -0.2) is 4.79 Å². The molecule has 0 aromatic carbocycles.